The predicted octanol–water partition coefficient (Wildman–Crippen LogP) is 2.80. The van der Waals surface area contributed by atoms with Crippen molar-refractivity contribution in [2.24, 2.45) is 0 Å². The van der Waals surface area contributed by atoms with Crippen LogP contribution in [0.3, 0.4) is 0 Å². The molecule has 1 atom stereocenters. The van der Waals surface area contributed by atoms with Crippen LogP contribution in [-0.4, -0.2) is 29.3 Å². The summed E-state index contributed by atoms with van der Waals surface area (Å²) in [6.45, 7) is 3.47. The Labute approximate surface area is 132 Å². The number of benzene rings is 1. The number of esters is 2. The van der Waals surface area contributed by atoms with Crippen LogP contribution in [0.1, 0.15) is 31.7 Å². The molecular weight excluding hydrogens is 314 g/mol. The third-order valence-electron chi connectivity index (χ3n) is 2.84. The molecule has 0 amide bonds. The van der Waals surface area contributed by atoms with Crippen molar-refractivity contribution in [3.05, 3.63) is 33.9 Å². The largest absolute Gasteiger partial charge is 0.466 e. The van der Waals surface area contributed by atoms with Gasteiger partial charge in [0.05, 0.1) is 23.9 Å². The van der Waals surface area contributed by atoms with Crippen molar-refractivity contribution in [2.45, 2.75) is 26.2 Å². The average Bonchev–Trinajstić information content (AvgIpc) is 2.47. The average molecular weight is 330 g/mol. The summed E-state index contributed by atoms with van der Waals surface area (Å²) in [6.07, 6.45) is -0.0559. The Balaban J connectivity index is 3.06. The first-order chi connectivity index (χ1) is 10.4. The zero-order valence-corrected chi connectivity index (χ0v) is 13.0. The molecule has 0 saturated carbocycles. The smallest absolute Gasteiger partial charge is 0.313 e. The number of hydrogen-bond donors (Lipinski definition) is 0. The van der Waals surface area contributed by atoms with E-state index in [9.17, 15) is 19.7 Å². The number of carbonyl (C=O) groups excluding carboxylic acids is 2. The number of halogens is 1. The molecule has 0 fully saturated rings. The fourth-order valence-corrected chi connectivity index (χ4v) is 1.84. The number of nitro groups is 1. The first kappa shape index (κ1) is 17.9. The molecule has 0 N–H and O–H groups in total. The molecule has 1 rings (SSSR count). The van der Waals surface area contributed by atoms with E-state index in [0.717, 1.165) is 0 Å². The summed E-state index contributed by atoms with van der Waals surface area (Å²) in [5, 5.41) is 11.1. The maximum atomic E-state index is 11.7. The summed E-state index contributed by atoms with van der Waals surface area (Å²) in [5.41, 5.74) is 0.0128. The SMILES string of the molecule is CCOC(=O)C(C)c1ccc(OC(=O)CCCl)c([N+](=O)[O-])c1. The van der Waals surface area contributed by atoms with Crippen molar-refractivity contribution >= 4 is 29.2 Å². The van der Waals surface area contributed by atoms with Crippen LogP contribution in [0.25, 0.3) is 0 Å². The van der Waals surface area contributed by atoms with Gasteiger partial charge in [-0.15, -0.1) is 11.6 Å². The number of carbonyl (C=O) groups is 2. The molecule has 22 heavy (non-hydrogen) atoms. The Hall–Kier alpha value is -2.15. The topological polar surface area (TPSA) is 95.7 Å². The molecule has 1 aromatic carbocycles. The van der Waals surface area contributed by atoms with Crippen LogP contribution in [0, 0.1) is 10.1 Å². The molecule has 0 aliphatic heterocycles. The Kier molecular flexibility index (Phi) is 6.78. The van der Waals surface area contributed by atoms with Crippen LogP contribution in [0.5, 0.6) is 5.75 Å². The quantitative estimate of drug-likeness (QED) is 0.251. The second-order valence-electron chi connectivity index (χ2n) is 4.37. The van der Waals surface area contributed by atoms with Gasteiger partial charge in [-0.2, -0.15) is 0 Å². The summed E-state index contributed by atoms with van der Waals surface area (Å²) in [7, 11) is 0. The maximum Gasteiger partial charge on any atom is 0.313 e. The van der Waals surface area contributed by atoms with Crippen molar-refractivity contribution in [1.82, 2.24) is 0 Å². The van der Waals surface area contributed by atoms with Crippen LogP contribution in [0.15, 0.2) is 18.2 Å². The first-order valence-corrected chi connectivity index (χ1v) is 7.15. The van der Waals surface area contributed by atoms with Crippen molar-refractivity contribution < 1.29 is 24.0 Å². The van der Waals surface area contributed by atoms with Gasteiger partial charge in [-0.05, 0) is 25.5 Å². The number of nitrogens with zero attached hydrogens (tertiary/aromatic N) is 1. The van der Waals surface area contributed by atoms with Gasteiger partial charge in [0.15, 0.2) is 0 Å². The van der Waals surface area contributed by atoms with E-state index in [4.69, 9.17) is 21.1 Å². The molecule has 120 valence electrons. The normalized spacial score (nSPS) is 11.6. The fraction of sp³-hybridized carbons (Fsp3) is 0.429. The summed E-state index contributed by atoms with van der Waals surface area (Å²) < 4.78 is 9.79. The van der Waals surface area contributed by atoms with Crippen LogP contribution in [-0.2, 0) is 14.3 Å². The zero-order valence-electron chi connectivity index (χ0n) is 12.2. The van der Waals surface area contributed by atoms with Gasteiger partial charge in [-0.25, -0.2) is 0 Å². The van der Waals surface area contributed by atoms with E-state index in [2.05, 4.69) is 0 Å². The van der Waals surface area contributed by atoms with Crippen molar-refractivity contribution in [2.75, 3.05) is 12.5 Å². The van der Waals surface area contributed by atoms with Gasteiger partial charge in [-0.1, -0.05) is 6.07 Å². The predicted molar refractivity (Wildman–Crippen MR) is 79.1 cm³/mol. The van der Waals surface area contributed by atoms with E-state index in [1.807, 2.05) is 0 Å². The Morgan fingerprint density at radius 2 is 2.09 bits per heavy atom. The number of nitro benzene ring substituents is 1. The number of hydrogen-bond acceptors (Lipinski definition) is 6. The fourth-order valence-electron chi connectivity index (χ4n) is 1.69. The molecule has 1 aromatic rings. The van der Waals surface area contributed by atoms with Gasteiger partial charge in [0.1, 0.15) is 0 Å². The van der Waals surface area contributed by atoms with Gasteiger partial charge in [-0.3, -0.25) is 19.7 Å². The minimum atomic E-state index is -0.676. The van der Waals surface area contributed by atoms with E-state index >= 15 is 0 Å². The molecule has 0 aromatic heterocycles. The molecule has 1 unspecified atom stereocenters. The Bertz CT molecular complexity index is 574. The highest BCUT2D eigenvalue weighted by atomic mass is 35.5. The minimum Gasteiger partial charge on any atom is -0.466 e. The van der Waals surface area contributed by atoms with Gasteiger partial charge in [0, 0.05) is 11.9 Å². The molecule has 7 nitrogen and oxygen atoms in total. The van der Waals surface area contributed by atoms with Gasteiger partial charge in [0.25, 0.3) is 0 Å². The number of rotatable bonds is 7. The lowest BCUT2D eigenvalue weighted by Gasteiger charge is -2.12. The molecular formula is C14H16ClNO6. The molecule has 0 radical (unpaired) electrons. The van der Waals surface area contributed by atoms with Crippen LogP contribution in [0.4, 0.5) is 5.69 Å². The van der Waals surface area contributed by atoms with E-state index < -0.39 is 28.5 Å². The van der Waals surface area contributed by atoms with Crippen molar-refractivity contribution in [1.29, 1.82) is 0 Å². The highest BCUT2D eigenvalue weighted by Gasteiger charge is 2.23. The van der Waals surface area contributed by atoms with Gasteiger partial charge in [0.2, 0.25) is 5.75 Å². The monoisotopic (exact) mass is 329 g/mol. The third-order valence-corrected chi connectivity index (χ3v) is 3.03. The first-order valence-electron chi connectivity index (χ1n) is 6.62. The number of ether oxygens (including phenoxy) is 2. The Morgan fingerprint density at radius 3 is 2.64 bits per heavy atom. The summed E-state index contributed by atoms with van der Waals surface area (Å²) in [6, 6.07) is 3.97. The summed E-state index contributed by atoms with van der Waals surface area (Å²) >= 11 is 5.41. The highest BCUT2D eigenvalue weighted by Crippen LogP contribution is 2.31. The summed E-state index contributed by atoms with van der Waals surface area (Å²) in [4.78, 5) is 33.5. The lowest BCUT2D eigenvalue weighted by atomic mass is 10.0. The molecule has 0 heterocycles. The van der Waals surface area contributed by atoms with E-state index in [0.29, 0.717) is 5.56 Å². The molecule has 0 bridgehead atoms. The highest BCUT2D eigenvalue weighted by molar-refractivity contribution is 6.18. The van der Waals surface area contributed by atoms with Gasteiger partial charge < -0.3 is 9.47 Å². The molecule has 0 saturated heterocycles. The van der Waals surface area contributed by atoms with E-state index in [1.54, 1.807) is 13.8 Å². The second kappa shape index (κ2) is 8.33. The third kappa shape index (κ3) is 4.70. The van der Waals surface area contributed by atoms with Crippen LogP contribution in [0.2, 0.25) is 0 Å². The van der Waals surface area contributed by atoms with Crippen LogP contribution < -0.4 is 4.74 Å². The Morgan fingerprint density at radius 1 is 1.41 bits per heavy atom. The molecule has 8 heteroatoms. The zero-order chi connectivity index (χ0) is 16.7. The van der Waals surface area contributed by atoms with Gasteiger partial charge >= 0.3 is 17.6 Å². The lowest BCUT2D eigenvalue weighted by molar-refractivity contribution is -0.385. The number of alkyl halides is 1. The van der Waals surface area contributed by atoms with Crippen LogP contribution >= 0.6 is 11.6 Å². The molecule has 0 aliphatic rings. The van der Waals surface area contributed by atoms with E-state index in [-0.39, 0.29) is 24.7 Å². The second-order valence-corrected chi connectivity index (χ2v) is 4.75. The van der Waals surface area contributed by atoms with Crippen molar-refractivity contribution in [3.8, 4) is 5.75 Å². The van der Waals surface area contributed by atoms with Crippen molar-refractivity contribution in [3.63, 3.8) is 0 Å². The minimum absolute atomic E-state index is 0.0559. The standard InChI is InChI=1S/C14H16ClNO6/c1-3-21-14(18)9(2)10-4-5-12(11(8-10)16(19)20)22-13(17)6-7-15/h4-5,8-9H,3,6-7H2,1-2H3. The molecule has 0 spiro atoms. The maximum absolute atomic E-state index is 11.7. The van der Waals surface area contributed by atoms with E-state index in [1.165, 1.54) is 18.2 Å². The lowest BCUT2D eigenvalue weighted by Crippen LogP contribution is -2.14. The summed E-state index contributed by atoms with van der Waals surface area (Å²) in [5.74, 6) is -1.93. The molecule has 0 aliphatic carbocycles.